The van der Waals surface area contributed by atoms with Crippen LogP contribution in [-0.2, 0) is 4.79 Å². The third-order valence-corrected chi connectivity index (χ3v) is 4.19. The quantitative estimate of drug-likeness (QED) is 0.885. The minimum absolute atomic E-state index is 0.199. The van der Waals surface area contributed by atoms with E-state index in [1.807, 2.05) is 19.1 Å². The molecule has 1 aromatic carbocycles. The number of nitrogens with zero attached hydrogens (tertiary/aromatic N) is 1. The van der Waals surface area contributed by atoms with Crippen molar-refractivity contribution in [3.63, 3.8) is 0 Å². The van der Waals surface area contributed by atoms with Crippen LogP contribution in [0.25, 0.3) is 0 Å². The molecule has 0 saturated heterocycles. The second-order valence-electron chi connectivity index (χ2n) is 5.17. The van der Waals surface area contributed by atoms with Crippen LogP contribution in [0, 0.1) is 23.7 Å². The summed E-state index contributed by atoms with van der Waals surface area (Å²) in [6.45, 7) is 1.91. The van der Waals surface area contributed by atoms with Gasteiger partial charge in [0, 0.05) is 10.7 Å². The molecule has 3 nitrogen and oxygen atoms in total. The minimum Gasteiger partial charge on any atom is -0.325 e. The zero-order valence-corrected chi connectivity index (χ0v) is 11.8. The molecule has 19 heavy (non-hydrogen) atoms. The van der Waals surface area contributed by atoms with Gasteiger partial charge in [0.05, 0.1) is 6.07 Å². The zero-order chi connectivity index (χ0) is 13.9. The lowest BCUT2D eigenvalue weighted by Gasteiger charge is -2.29. The molecule has 4 heteroatoms. The van der Waals surface area contributed by atoms with Gasteiger partial charge in [0.2, 0.25) is 5.91 Å². The van der Waals surface area contributed by atoms with Crippen LogP contribution < -0.4 is 5.32 Å². The van der Waals surface area contributed by atoms with E-state index in [4.69, 9.17) is 11.6 Å². The highest BCUT2D eigenvalue weighted by molar-refractivity contribution is 6.31. The first-order valence-corrected chi connectivity index (χ1v) is 6.94. The van der Waals surface area contributed by atoms with E-state index in [2.05, 4.69) is 11.4 Å². The summed E-state index contributed by atoms with van der Waals surface area (Å²) < 4.78 is 0. The Balaban J connectivity index is 2.15. The van der Waals surface area contributed by atoms with Crippen molar-refractivity contribution in [3.05, 3.63) is 28.8 Å². The lowest BCUT2D eigenvalue weighted by atomic mass is 9.74. The minimum atomic E-state index is -0.865. The van der Waals surface area contributed by atoms with E-state index in [9.17, 15) is 10.1 Å². The Hall–Kier alpha value is -1.53. The Bertz CT molecular complexity index is 527. The fourth-order valence-electron chi connectivity index (χ4n) is 2.47. The van der Waals surface area contributed by atoms with E-state index in [1.54, 1.807) is 6.07 Å². The van der Waals surface area contributed by atoms with Crippen molar-refractivity contribution in [2.45, 2.75) is 39.0 Å². The molecule has 0 aromatic heterocycles. The first-order chi connectivity index (χ1) is 9.07. The van der Waals surface area contributed by atoms with E-state index < -0.39 is 5.41 Å². The number of aryl methyl sites for hydroxylation is 1. The van der Waals surface area contributed by atoms with Gasteiger partial charge in [-0.1, -0.05) is 36.9 Å². The molecule has 0 bridgehead atoms. The second-order valence-corrected chi connectivity index (χ2v) is 5.58. The smallest absolute Gasteiger partial charge is 0.244 e. The van der Waals surface area contributed by atoms with Crippen LogP contribution in [-0.4, -0.2) is 5.91 Å². The first-order valence-electron chi connectivity index (χ1n) is 6.56. The SMILES string of the molecule is Cc1ccc(NC(=O)C2(C#N)CCCCC2)cc1Cl. The van der Waals surface area contributed by atoms with Crippen molar-refractivity contribution in [2.24, 2.45) is 5.41 Å². The van der Waals surface area contributed by atoms with Crippen molar-refractivity contribution in [1.29, 1.82) is 5.26 Å². The summed E-state index contributed by atoms with van der Waals surface area (Å²) >= 11 is 6.04. The van der Waals surface area contributed by atoms with E-state index in [0.717, 1.165) is 24.8 Å². The van der Waals surface area contributed by atoms with E-state index in [-0.39, 0.29) is 5.91 Å². The maximum atomic E-state index is 12.3. The maximum absolute atomic E-state index is 12.3. The van der Waals surface area contributed by atoms with Crippen LogP contribution >= 0.6 is 11.6 Å². The summed E-state index contributed by atoms with van der Waals surface area (Å²) in [7, 11) is 0. The van der Waals surface area contributed by atoms with Gasteiger partial charge in [-0.3, -0.25) is 4.79 Å². The van der Waals surface area contributed by atoms with Crippen LogP contribution in [0.4, 0.5) is 5.69 Å². The molecule has 1 amide bonds. The lowest BCUT2D eigenvalue weighted by molar-refractivity contribution is -0.124. The van der Waals surface area contributed by atoms with Crippen LogP contribution in [0.3, 0.4) is 0 Å². The van der Waals surface area contributed by atoms with Crippen LogP contribution in [0.5, 0.6) is 0 Å². The number of rotatable bonds is 2. The van der Waals surface area contributed by atoms with Gasteiger partial charge in [-0.15, -0.1) is 0 Å². The van der Waals surface area contributed by atoms with Gasteiger partial charge in [-0.2, -0.15) is 5.26 Å². The second kappa shape index (κ2) is 5.63. The van der Waals surface area contributed by atoms with Crippen molar-refractivity contribution in [1.82, 2.24) is 0 Å². The Morgan fingerprint density at radius 1 is 1.37 bits per heavy atom. The van der Waals surface area contributed by atoms with Gasteiger partial charge in [-0.05, 0) is 37.5 Å². The lowest BCUT2D eigenvalue weighted by Crippen LogP contribution is -2.36. The zero-order valence-electron chi connectivity index (χ0n) is 11.0. The van der Waals surface area contributed by atoms with Crippen molar-refractivity contribution in [2.75, 3.05) is 5.32 Å². The van der Waals surface area contributed by atoms with Gasteiger partial charge in [0.25, 0.3) is 0 Å². The number of carbonyl (C=O) groups excluding carboxylic acids is 1. The average molecular weight is 277 g/mol. The standard InChI is InChI=1S/C15H17ClN2O/c1-11-5-6-12(9-13(11)16)18-14(19)15(10-17)7-3-2-4-8-15/h5-6,9H,2-4,7-8H2,1H3,(H,18,19). The number of hydrogen-bond donors (Lipinski definition) is 1. The number of halogens is 1. The molecule has 0 aliphatic heterocycles. The predicted octanol–water partition coefficient (Wildman–Crippen LogP) is 4.06. The molecule has 0 radical (unpaired) electrons. The number of hydrogen-bond acceptors (Lipinski definition) is 2. The maximum Gasteiger partial charge on any atom is 0.244 e. The third-order valence-electron chi connectivity index (χ3n) is 3.79. The first kappa shape index (κ1) is 13.9. The van der Waals surface area contributed by atoms with Crippen molar-refractivity contribution in [3.8, 4) is 6.07 Å². The number of amides is 1. The molecule has 1 N–H and O–H groups in total. The number of carbonyl (C=O) groups is 1. The van der Waals surface area contributed by atoms with Gasteiger partial charge in [0.1, 0.15) is 5.41 Å². The molecule has 100 valence electrons. The highest BCUT2D eigenvalue weighted by atomic mass is 35.5. The Labute approximate surface area is 118 Å². The van der Waals surface area contributed by atoms with E-state index >= 15 is 0 Å². The average Bonchev–Trinajstić information content (AvgIpc) is 2.43. The van der Waals surface area contributed by atoms with Crippen LogP contribution in [0.2, 0.25) is 5.02 Å². The highest BCUT2D eigenvalue weighted by Crippen LogP contribution is 2.37. The summed E-state index contributed by atoms with van der Waals surface area (Å²) in [5.41, 5.74) is 0.753. The molecule has 0 heterocycles. The Morgan fingerprint density at radius 2 is 2.05 bits per heavy atom. The van der Waals surface area contributed by atoms with Crippen molar-refractivity contribution < 1.29 is 4.79 Å². The van der Waals surface area contributed by atoms with Gasteiger partial charge < -0.3 is 5.32 Å². The van der Waals surface area contributed by atoms with E-state index in [1.165, 1.54) is 0 Å². The molecule has 1 aromatic rings. The predicted molar refractivity (Wildman–Crippen MR) is 75.9 cm³/mol. The number of nitrogens with one attached hydrogen (secondary N) is 1. The fraction of sp³-hybridized carbons (Fsp3) is 0.467. The normalized spacial score (nSPS) is 17.5. The molecule has 2 rings (SSSR count). The molecule has 1 aliphatic carbocycles. The Morgan fingerprint density at radius 3 is 2.63 bits per heavy atom. The third kappa shape index (κ3) is 2.90. The summed E-state index contributed by atoms with van der Waals surface area (Å²) in [4.78, 5) is 12.3. The highest BCUT2D eigenvalue weighted by Gasteiger charge is 2.39. The summed E-state index contributed by atoms with van der Waals surface area (Å²) in [6, 6.07) is 7.61. The molecule has 0 unspecified atom stereocenters. The summed E-state index contributed by atoms with van der Waals surface area (Å²) in [5.74, 6) is -0.199. The molecular weight excluding hydrogens is 260 g/mol. The van der Waals surface area contributed by atoms with Gasteiger partial charge in [0.15, 0.2) is 0 Å². The number of benzene rings is 1. The Kier molecular flexibility index (Phi) is 4.11. The van der Waals surface area contributed by atoms with Crippen LogP contribution in [0.1, 0.15) is 37.7 Å². The summed E-state index contributed by atoms with van der Waals surface area (Å²) in [5, 5.41) is 12.8. The van der Waals surface area contributed by atoms with E-state index in [0.29, 0.717) is 23.6 Å². The molecular formula is C15H17ClN2O. The van der Waals surface area contributed by atoms with Gasteiger partial charge >= 0.3 is 0 Å². The monoisotopic (exact) mass is 276 g/mol. The molecule has 1 aliphatic rings. The molecule has 0 atom stereocenters. The molecule has 0 spiro atoms. The fourth-order valence-corrected chi connectivity index (χ4v) is 2.65. The molecule has 1 fully saturated rings. The largest absolute Gasteiger partial charge is 0.325 e. The van der Waals surface area contributed by atoms with Crippen LogP contribution in [0.15, 0.2) is 18.2 Å². The topological polar surface area (TPSA) is 52.9 Å². The number of anilines is 1. The molecule has 1 saturated carbocycles. The van der Waals surface area contributed by atoms with Crippen molar-refractivity contribution >= 4 is 23.2 Å². The summed E-state index contributed by atoms with van der Waals surface area (Å²) in [6.07, 6.45) is 4.28. The van der Waals surface area contributed by atoms with Gasteiger partial charge in [-0.25, -0.2) is 0 Å². The number of nitriles is 1.